The Kier molecular flexibility index (Phi) is 6.18. The van der Waals surface area contributed by atoms with Crippen LogP contribution in [0.1, 0.15) is 11.1 Å². The van der Waals surface area contributed by atoms with Gasteiger partial charge in [0.2, 0.25) is 5.91 Å². The summed E-state index contributed by atoms with van der Waals surface area (Å²) in [6, 6.07) is 10.8. The molecule has 2 aromatic carbocycles. The minimum atomic E-state index is -0.214. The smallest absolute Gasteiger partial charge is 0.244 e. The van der Waals surface area contributed by atoms with Crippen molar-refractivity contribution in [1.29, 1.82) is 0 Å². The Morgan fingerprint density at radius 1 is 1.30 bits per heavy atom. The van der Waals surface area contributed by atoms with Crippen LogP contribution in [0.15, 0.2) is 50.4 Å². The summed E-state index contributed by atoms with van der Waals surface area (Å²) in [7, 11) is 1.46. The van der Waals surface area contributed by atoms with Crippen molar-refractivity contribution in [2.45, 2.75) is 6.42 Å². The van der Waals surface area contributed by atoms with E-state index in [4.69, 9.17) is 4.74 Å². The number of hydrogen-bond acceptors (Lipinski definition) is 4. The molecule has 120 valence electrons. The van der Waals surface area contributed by atoms with E-state index in [1.807, 2.05) is 24.3 Å². The molecule has 0 aliphatic rings. The number of rotatable bonds is 5. The van der Waals surface area contributed by atoms with E-state index in [9.17, 15) is 9.90 Å². The van der Waals surface area contributed by atoms with Crippen molar-refractivity contribution >= 4 is 44.0 Å². The molecule has 1 amide bonds. The molecule has 0 aliphatic carbocycles. The molecule has 2 aromatic rings. The van der Waals surface area contributed by atoms with Crippen LogP contribution in [0.2, 0.25) is 0 Å². The zero-order valence-corrected chi connectivity index (χ0v) is 15.4. The number of ether oxygens (including phenoxy) is 1. The molecule has 0 aliphatic heterocycles. The number of halogens is 2. The van der Waals surface area contributed by atoms with Crippen molar-refractivity contribution in [1.82, 2.24) is 5.43 Å². The van der Waals surface area contributed by atoms with Gasteiger partial charge in [-0.3, -0.25) is 4.79 Å². The number of hydrogen-bond donors (Lipinski definition) is 2. The molecule has 7 heteroatoms. The Morgan fingerprint density at radius 2 is 2.00 bits per heavy atom. The number of hydrazone groups is 1. The number of aromatic hydroxyl groups is 1. The highest BCUT2D eigenvalue weighted by Gasteiger charge is 2.07. The van der Waals surface area contributed by atoms with Crippen molar-refractivity contribution in [3.63, 3.8) is 0 Å². The van der Waals surface area contributed by atoms with E-state index in [0.717, 1.165) is 10.0 Å². The van der Waals surface area contributed by atoms with E-state index in [1.54, 1.807) is 12.1 Å². The van der Waals surface area contributed by atoms with Gasteiger partial charge in [0.25, 0.3) is 0 Å². The lowest BCUT2D eigenvalue weighted by atomic mass is 10.1. The molecule has 0 spiro atoms. The fourth-order valence-electron chi connectivity index (χ4n) is 1.83. The molecule has 0 bridgehead atoms. The van der Waals surface area contributed by atoms with Gasteiger partial charge in [-0.25, -0.2) is 5.43 Å². The van der Waals surface area contributed by atoms with Crippen molar-refractivity contribution < 1.29 is 14.6 Å². The van der Waals surface area contributed by atoms with Crippen LogP contribution < -0.4 is 10.2 Å². The Hall–Kier alpha value is -1.86. The molecule has 0 fully saturated rings. The van der Waals surface area contributed by atoms with Gasteiger partial charge in [0.15, 0.2) is 11.5 Å². The van der Waals surface area contributed by atoms with Gasteiger partial charge in [0.1, 0.15) is 0 Å². The third-order valence-electron chi connectivity index (χ3n) is 2.95. The maximum absolute atomic E-state index is 11.8. The Morgan fingerprint density at radius 3 is 2.65 bits per heavy atom. The largest absolute Gasteiger partial charge is 0.503 e. The first-order valence-electron chi connectivity index (χ1n) is 6.62. The second-order valence-corrected chi connectivity index (χ2v) is 6.42. The van der Waals surface area contributed by atoms with Gasteiger partial charge in [-0.15, -0.1) is 0 Å². The Bertz CT molecular complexity index is 731. The topological polar surface area (TPSA) is 70.9 Å². The first kappa shape index (κ1) is 17.5. The molecule has 2 N–H and O–H groups in total. The maximum atomic E-state index is 11.8. The standard InChI is InChI=1S/C16H14Br2N2O3/c1-23-14-7-11(6-13(18)16(14)22)9-19-20-15(21)8-10-2-4-12(17)5-3-10/h2-7,9,22H,8H2,1H3,(H,20,21). The van der Waals surface area contributed by atoms with Crippen LogP contribution in [0.3, 0.4) is 0 Å². The summed E-state index contributed by atoms with van der Waals surface area (Å²) in [6.07, 6.45) is 1.72. The van der Waals surface area contributed by atoms with Gasteiger partial charge in [-0.05, 0) is 51.3 Å². The van der Waals surface area contributed by atoms with Crippen LogP contribution in [0.25, 0.3) is 0 Å². The van der Waals surface area contributed by atoms with Crippen LogP contribution in [-0.4, -0.2) is 24.3 Å². The van der Waals surface area contributed by atoms with Crippen molar-refractivity contribution in [3.8, 4) is 11.5 Å². The molecule has 23 heavy (non-hydrogen) atoms. The van der Waals surface area contributed by atoms with Crippen LogP contribution in [0, 0.1) is 0 Å². The van der Waals surface area contributed by atoms with Gasteiger partial charge in [0.05, 0.1) is 24.2 Å². The highest BCUT2D eigenvalue weighted by atomic mass is 79.9. The lowest BCUT2D eigenvalue weighted by Crippen LogP contribution is -2.19. The van der Waals surface area contributed by atoms with Gasteiger partial charge < -0.3 is 9.84 Å². The molecule has 5 nitrogen and oxygen atoms in total. The Balaban J connectivity index is 1.97. The number of nitrogens with one attached hydrogen (secondary N) is 1. The SMILES string of the molecule is COc1cc(C=NNC(=O)Cc2ccc(Br)cc2)cc(Br)c1O. The monoisotopic (exact) mass is 440 g/mol. The van der Waals surface area contributed by atoms with Gasteiger partial charge in [0, 0.05) is 4.47 Å². The first-order valence-corrected chi connectivity index (χ1v) is 8.21. The number of carbonyl (C=O) groups excluding carboxylic acids is 1. The van der Waals surface area contributed by atoms with Crippen molar-refractivity contribution in [2.75, 3.05) is 7.11 Å². The highest BCUT2D eigenvalue weighted by Crippen LogP contribution is 2.34. The normalized spacial score (nSPS) is 10.7. The number of phenolic OH excluding ortho intramolecular Hbond substituents is 1. The van der Waals surface area contributed by atoms with E-state index in [-0.39, 0.29) is 18.1 Å². The van der Waals surface area contributed by atoms with Gasteiger partial charge in [-0.1, -0.05) is 28.1 Å². The lowest BCUT2D eigenvalue weighted by Gasteiger charge is -2.06. The maximum Gasteiger partial charge on any atom is 0.244 e. The zero-order chi connectivity index (χ0) is 16.8. The van der Waals surface area contributed by atoms with Crippen LogP contribution in [-0.2, 0) is 11.2 Å². The van der Waals surface area contributed by atoms with E-state index >= 15 is 0 Å². The lowest BCUT2D eigenvalue weighted by molar-refractivity contribution is -0.120. The molecule has 2 rings (SSSR count). The van der Waals surface area contributed by atoms with Crippen molar-refractivity contribution in [3.05, 3.63) is 56.5 Å². The molecule has 0 aromatic heterocycles. The van der Waals surface area contributed by atoms with E-state index in [2.05, 4.69) is 42.4 Å². The third-order valence-corrected chi connectivity index (χ3v) is 4.08. The minimum Gasteiger partial charge on any atom is -0.503 e. The highest BCUT2D eigenvalue weighted by molar-refractivity contribution is 9.10. The summed E-state index contributed by atoms with van der Waals surface area (Å²) >= 11 is 6.57. The summed E-state index contributed by atoms with van der Waals surface area (Å²) in [5, 5.41) is 13.6. The fourth-order valence-corrected chi connectivity index (χ4v) is 2.55. The molecule has 0 heterocycles. The number of benzene rings is 2. The van der Waals surface area contributed by atoms with E-state index in [0.29, 0.717) is 15.8 Å². The van der Waals surface area contributed by atoms with Gasteiger partial charge in [-0.2, -0.15) is 5.10 Å². The predicted molar refractivity (Wildman–Crippen MR) is 95.9 cm³/mol. The number of methoxy groups -OCH3 is 1. The number of amides is 1. The second kappa shape index (κ2) is 8.12. The summed E-state index contributed by atoms with van der Waals surface area (Å²) in [5.74, 6) is 0.124. The summed E-state index contributed by atoms with van der Waals surface area (Å²) in [4.78, 5) is 11.8. The predicted octanol–water partition coefficient (Wildman–Crippen LogP) is 3.62. The molecule has 0 atom stereocenters. The Labute approximate surface area is 150 Å². The number of carbonyl (C=O) groups is 1. The summed E-state index contributed by atoms with van der Waals surface area (Å²) in [5.41, 5.74) is 4.04. The summed E-state index contributed by atoms with van der Waals surface area (Å²) in [6.45, 7) is 0. The van der Waals surface area contributed by atoms with Crippen LogP contribution in [0.4, 0.5) is 0 Å². The number of phenols is 1. The molecular weight excluding hydrogens is 428 g/mol. The van der Waals surface area contributed by atoms with Crippen LogP contribution >= 0.6 is 31.9 Å². The molecule has 0 saturated carbocycles. The second-order valence-electron chi connectivity index (χ2n) is 4.65. The average Bonchev–Trinajstić information content (AvgIpc) is 2.53. The molecule has 0 saturated heterocycles. The molecule has 0 radical (unpaired) electrons. The fraction of sp³-hybridized carbons (Fsp3) is 0.125. The minimum absolute atomic E-state index is 0.0175. The third kappa shape index (κ3) is 5.07. The van der Waals surface area contributed by atoms with E-state index in [1.165, 1.54) is 13.3 Å². The molecular formula is C16H14Br2N2O3. The number of nitrogens with zero attached hydrogens (tertiary/aromatic N) is 1. The summed E-state index contributed by atoms with van der Waals surface area (Å²) < 4.78 is 6.50. The quantitative estimate of drug-likeness (QED) is 0.549. The first-order chi connectivity index (χ1) is 11.0. The zero-order valence-electron chi connectivity index (χ0n) is 12.2. The molecule has 0 unspecified atom stereocenters. The van der Waals surface area contributed by atoms with Crippen molar-refractivity contribution in [2.24, 2.45) is 5.10 Å². The average molecular weight is 442 g/mol. The van der Waals surface area contributed by atoms with E-state index < -0.39 is 0 Å². The van der Waals surface area contributed by atoms with Crippen LogP contribution in [0.5, 0.6) is 11.5 Å². The van der Waals surface area contributed by atoms with Gasteiger partial charge >= 0.3 is 0 Å².